The summed E-state index contributed by atoms with van der Waals surface area (Å²) in [6, 6.07) is 0. The number of rotatable bonds is 4. The van der Waals surface area contributed by atoms with Crippen molar-refractivity contribution < 1.29 is 9.59 Å². The van der Waals surface area contributed by atoms with Crippen LogP contribution in [0, 0.1) is 0 Å². The number of anilines is 1. The molecule has 2 amide bonds. The van der Waals surface area contributed by atoms with Crippen molar-refractivity contribution in [3.63, 3.8) is 0 Å². The number of primary amides is 1. The second-order valence-corrected chi connectivity index (χ2v) is 3.96. The maximum Gasteiger partial charge on any atom is 0.237 e. The van der Waals surface area contributed by atoms with Crippen LogP contribution >= 0.6 is 11.3 Å². The number of aromatic nitrogens is 1. The quantitative estimate of drug-likeness (QED) is 0.705. The Labute approximate surface area is 90.9 Å². The molecule has 1 aromatic heterocycles. The van der Waals surface area contributed by atoms with E-state index in [1.54, 1.807) is 5.38 Å². The average Bonchev–Trinajstić information content (AvgIpc) is 2.50. The topological polar surface area (TPSA) is 102 Å². The average molecular weight is 228 g/mol. The van der Waals surface area contributed by atoms with Crippen molar-refractivity contribution in [2.45, 2.75) is 6.42 Å². The number of amides is 2. The standard InChI is InChI=1S/C8H12N4O2S/c1-12(3-6(9)13)7(14)2-5-4-15-8(10)11-5/h4H,2-3H2,1H3,(H2,9,13)(H2,10,11). The molecular formula is C8H12N4O2S. The van der Waals surface area contributed by atoms with Crippen LogP contribution in [0.25, 0.3) is 0 Å². The van der Waals surface area contributed by atoms with Crippen LogP contribution in [0.2, 0.25) is 0 Å². The summed E-state index contributed by atoms with van der Waals surface area (Å²) in [4.78, 5) is 27.3. The van der Waals surface area contributed by atoms with E-state index in [1.165, 1.54) is 23.3 Å². The minimum Gasteiger partial charge on any atom is -0.375 e. The largest absolute Gasteiger partial charge is 0.375 e. The molecule has 0 saturated heterocycles. The molecular weight excluding hydrogens is 216 g/mol. The summed E-state index contributed by atoms with van der Waals surface area (Å²) in [7, 11) is 1.52. The lowest BCUT2D eigenvalue weighted by atomic mass is 10.3. The lowest BCUT2D eigenvalue weighted by Gasteiger charge is -2.13. The highest BCUT2D eigenvalue weighted by Crippen LogP contribution is 2.11. The van der Waals surface area contributed by atoms with Crippen LogP contribution in [0.1, 0.15) is 5.69 Å². The first-order valence-corrected chi connectivity index (χ1v) is 5.09. The number of hydrogen-bond donors (Lipinski definition) is 2. The fourth-order valence-corrected chi connectivity index (χ4v) is 1.58. The van der Waals surface area contributed by atoms with Gasteiger partial charge in [-0.05, 0) is 0 Å². The molecule has 0 aliphatic rings. The van der Waals surface area contributed by atoms with Gasteiger partial charge < -0.3 is 16.4 Å². The molecule has 1 rings (SSSR count). The van der Waals surface area contributed by atoms with Crippen LogP contribution in [0.3, 0.4) is 0 Å². The van der Waals surface area contributed by atoms with E-state index in [1.807, 2.05) is 0 Å². The third-order valence-electron chi connectivity index (χ3n) is 1.72. The van der Waals surface area contributed by atoms with Gasteiger partial charge in [-0.2, -0.15) is 0 Å². The third kappa shape index (κ3) is 3.55. The van der Waals surface area contributed by atoms with Gasteiger partial charge in [0, 0.05) is 12.4 Å². The van der Waals surface area contributed by atoms with E-state index < -0.39 is 5.91 Å². The molecule has 0 bridgehead atoms. The number of carbonyl (C=O) groups excluding carboxylic acids is 2. The highest BCUT2D eigenvalue weighted by atomic mass is 32.1. The van der Waals surface area contributed by atoms with Crippen LogP contribution in [0.5, 0.6) is 0 Å². The van der Waals surface area contributed by atoms with Crippen LogP contribution in [-0.2, 0) is 16.0 Å². The number of nitrogens with two attached hydrogens (primary N) is 2. The van der Waals surface area contributed by atoms with Gasteiger partial charge in [0.2, 0.25) is 11.8 Å². The zero-order valence-corrected chi connectivity index (χ0v) is 9.08. The Morgan fingerprint density at radius 1 is 1.60 bits per heavy atom. The lowest BCUT2D eigenvalue weighted by molar-refractivity contribution is -0.133. The van der Waals surface area contributed by atoms with E-state index in [9.17, 15) is 9.59 Å². The lowest BCUT2D eigenvalue weighted by Crippen LogP contribution is -2.36. The van der Waals surface area contributed by atoms with E-state index >= 15 is 0 Å². The number of nitrogen functional groups attached to an aromatic ring is 1. The SMILES string of the molecule is CN(CC(N)=O)C(=O)Cc1csc(N)n1. The first kappa shape index (κ1) is 11.4. The minimum absolute atomic E-state index is 0.0849. The Bertz CT molecular complexity index is 376. The predicted molar refractivity (Wildman–Crippen MR) is 57.1 cm³/mol. The summed E-state index contributed by atoms with van der Waals surface area (Å²) >= 11 is 1.28. The van der Waals surface area contributed by atoms with Crippen molar-refractivity contribution in [3.8, 4) is 0 Å². The monoisotopic (exact) mass is 228 g/mol. The number of hydrogen-bond acceptors (Lipinski definition) is 5. The summed E-state index contributed by atoms with van der Waals surface area (Å²) in [5.41, 5.74) is 11.0. The molecule has 4 N–H and O–H groups in total. The Balaban J connectivity index is 2.52. The Kier molecular flexibility index (Phi) is 3.62. The number of likely N-dealkylation sites (N-methyl/N-ethyl adjacent to an activating group) is 1. The molecule has 0 radical (unpaired) electrons. The molecule has 0 aromatic carbocycles. The Morgan fingerprint density at radius 3 is 2.73 bits per heavy atom. The van der Waals surface area contributed by atoms with Gasteiger partial charge in [-0.15, -0.1) is 11.3 Å². The van der Waals surface area contributed by atoms with Crippen LogP contribution in [0.4, 0.5) is 5.13 Å². The summed E-state index contributed by atoms with van der Waals surface area (Å²) < 4.78 is 0. The van der Waals surface area contributed by atoms with Gasteiger partial charge in [-0.25, -0.2) is 4.98 Å². The van der Waals surface area contributed by atoms with Gasteiger partial charge in [0.25, 0.3) is 0 Å². The van der Waals surface area contributed by atoms with Crippen molar-refractivity contribution >= 4 is 28.3 Å². The first-order chi connectivity index (χ1) is 6.99. The van der Waals surface area contributed by atoms with Crippen molar-refractivity contribution in [2.24, 2.45) is 5.73 Å². The third-order valence-corrected chi connectivity index (χ3v) is 2.44. The predicted octanol–water partition coefficient (Wildman–Crippen LogP) is -0.788. The van der Waals surface area contributed by atoms with Gasteiger partial charge in [0.1, 0.15) is 0 Å². The van der Waals surface area contributed by atoms with E-state index in [2.05, 4.69) is 4.98 Å². The Hall–Kier alpha value is -1.63. The highest BCUT2D eigenvalue weighted by Gasteiger charge is 2.13. The zero-order chi connectivity index (χ0) is 11.4. The highest BCUT2D eigenvalue weighted by molar-refractivity contribution is 7.13. The summed E-state index contributed by atoms with van der Waals surface area (Å²) in [6.45, 7) is -0.0849. The molecule has 0 fully saturated rings. The van der Waals surface area contributed by atoms with E-state index in [0.717, 1.165) is 0 Å². The van der Waals surface area contributed by atoms with Crippen molar-refractivity contribution in [1.82, 2.24) is 9.88 Å². The fraction of sp³-hybridized carbons (Fsp3) is 0.375. The maximum absolute atomic E-state index is 11.5. The molecule has 82 valence electrons. The first-order valence-electron chi connectivity index (χ1n) is 4.21. The minimum atomic E-state index is -0.538. The number of nitrogens with zero attached hydrogens (tertiary/aromatic N) is 2. The molecule has 1 aromatic rings. The molecule has 0 atom stereocenters. The molecule has 0 aliphatic carbocycles. The molecule has 0 saturated carbocycles. The second kappa shape index (κ2) is 4.74. The van der Waals surface area contributed by atoms with Gasteiger partial charge in [0.15, 0.2) is 5.13 Å². The molecule has 7 heteroatoms. The van der Waals surface area contributed by atoms with Gasteiger partial charge >= 0.3 is 0 Å². The Morgan fingerprint density at radius 2 is 2.27 bits per heavy atom. The maximum atomic E-state index is 11.5. The molecule has 0 unspecified atom stereocenters. The molecule has 0 aliphatic heterocycles. The number of carbonyl (C=O) groups is 2. The van der Waals surface area contributed by atoms with Crippen molar-refractivity contribution in [3.05, 3.63) is 11.1 Å². The van der Waals surface area contributed by atoms with Crippen molar-refractivity contribution in [1.29, 1.82) is 0 Å². The zero-order valence-electron chi connectivity index (χ0n) is 8.27. The van der Waals surface area contributed by atoms with Gasteiger partial charge in [-0.1, -0.05) is 0 Å². The van der Waals surface area contributed by atoms with E-state index in [4.69, 9.17) is 11.5 Å². The van der Waals surface area contributed by atoms with E-state index in [-0.39, 0.29) is 18.9 Å². The summed E-state index contributed by atoms with van der Waals surface area (Å²) in [5.74, 6) is -0.747. The van der Waals surface area contributed by atoms with Gasteiger partial charge in [-0.3, -0.25) is 9.59 Å². The van der Waals surface area contributed by atoms with Gasteiger partial charge in [0.05, 0.1) is 18.7 Å². The fourth-order valence-electron chi connectivity index (χ4n) is 1.02. The second-order valence-electron chi connectivity index (χ2n) is 3.07. The molecule has 15 heavy (non-hydrogen) atoms. The van der Waals surface area contributed by atoms with Crippen LogP contribution in [-0.4, -0.2) is 35.3 Å². The molecule has 6 nitrogen and oxygen atoms in total. The van der Waals surface area contributed by atoms with Crippen LogP contribution in [0.15, 0.2) is 5.38 Å². The van der Waals surface area contributed by atoms with Crippen molar-refractivity contribution in [2.75, 3.05) is 19.3 Å². The number of thiazole rings is 1. The van der Waals surface area contributed by atoms with E-state index in [0.29, 0.717) is 10.8 Å². The van der Waals surface area contributed by atoms with Crippen LogP contribution < -0.4 is 11.5 Å². The summed E-state index contributed by atoms with van der Waals surface area (Å²) in [5, 5.41) is 2.14. The summed E-state index contributed by atoms with van der Waals surface area (Å²) in [6.07, 6.45) is 0.136. The normalized spacial score (nSPS) is 9.93. The molecule has 0 spiro atoms. The molecule has 1 heterocycles. The smallest absolute Gasteiger partial charge is 0.237 e.